The Bertz CT molecular complexity index is 929. The fourth-order valence-electron chi connectivity index (χ4n) is 4.72. The molecule has 1 unspecified atom stereocenters. The third-order valence-corrected chi connectivity index (χ3v) is 7.08. The molecule has 1 aliphatic rings. The summed E-state index contributed by atoms with van der Waals surface area (Å²) in [5, 5.41) is 10.6. The third-order valence-electron chi connectivity index (χ3n) is 6.75. The molecule has 0 saturated carbocycles. The van der Waals surface area contributed by atoms with E-state index in [1.807, 2.05) is 49.4 Å². The molecule has 2 aromatic carbocycles. The Morgan fingerprint density at radius 1 is 1.00 bits per heavy atom. The second-order valence-corrected chi connectivity index (χ2v) is 9.93. The minimum Gasteiger partial charge on any atom is -0.494 e. The van der Waals surface area contributed by atoms with Gasteiger partial charge in [0.1, 0.15) is 18.0 Å². The molecule has 1 aliphatic heterocycles. The van der Waals surface area contributed by atoms with Crippen molar-refractivity contribution >= 4 is 17.6 Å². The molecule has 1 heterocycles. The van der Waals surface area contributed by atoms with Gasteiger partial charge >= 0.3 is 5.97 Å². The average Bonchev–Trinajstić information content (AvgIpc) is 2.89. The zero-order valence-corrected chi connectivity index (χ0v) is 22.5. The van der Waals surface area contributed by atoms with Gasteiger partial charge in [-0.15, -0.1) is 0 Å². The van der Waals surface area contributed by atoms with Gasteiger partial charge in [-0.1, -0.05) is 75.2 Å². The van der Waals surface area contributed by atoms with Crippen LogP contribution < -0.4 is 4.74 Å². The van der Waals surface area contributed by atoms with E-state index in [2.05, 4.69) is 6.92 Å². The Hall–Kier alpha value is -2.08. The van der Waals surface area contributed by atoms with Crippen molar-refractivity contribution in [1.29, 1.82) is 0 Å². The van der Waals surface area contributed by atoms with Crippen LogP contribution in [0, 0.1) is 0 Å². The maximum atomic E-state index is 12.4. The van der Waals surface area contributed by atoms with E-state index in [9.17, 15) is 9.90 Å². The topological polar surface area (TPSA) is 65.0 Å². The van der Waals surface area contributed by atoms with E-state index in [0.717, 1.165) is 35.3 Å². The molecule has 1 fully saturated rings. The molecular formula is C30H41ClO5. The van der Waals surface area contributed by atoms with E-state index in [-0.39, 0.29) is 18.7 Å². The van der Waals surface area contributed by atoms with Gasteiger partial charge in [0.25, 0.3) is 0 Å². The minimum absolute atomic E-state index is 0.189. The lowest BCUT2D eigenvalue weighted by molar-refractivity contribution is -0.178. The third kappa shape index (κ3) is 8.50. The number of aliphatic hydroxyl groups excluding tert-OH is 1. The van der Waals surface area contributed by atoms with E-state index in [4.69, 9.17) is 25.8 Å². The number of esters is 1. The summed E-state index contributed by atoms with van der Waals surface area (Å²) < 4.78 is 17.5. The fourth-order valence-corrected chi connectivity index (χ4v) is 4.95. The molecule has 3 atom stereocenters. The zero-order valence-electron chi connectivity index (χ0n) is 21.7. The highest BCUT2D eigenvalue weighted by Gasteiger charge is 2.34. The van der Waals surface area contributed by atoms with E-state index in [1.165, 1.54) is 32.1 Å². The van der Waals surface area contributed by atoms with Gasteiger partial charge in [0.15, 0.2) is 0 Å². The summed E-state index contributed by atoms with van der Waals surface area (Å²) in [6, 6.07) is 13.8. The highest BCUT2D eigenvalue weighted by Crippen LogP contribution is 2.37. The second-order valence-electron chi connectivity index (χ2n) is 9.52. The maximum absolute atomic E-state index is 12.4. The molecule has 0 aromatic heterocycles. The Morgan fingerprint density at radius 3 is 2.42 bits per heavy atom. The molecule has 0 bridgehead atoms. The Balaban J connectivity index is 1.54. The molecule has 5 nitrogen and oxygen atoms in total. The van der Waals surface area contributed by atoms with Crippen LogP contribution in [0.2, 0.25) is 5.02 Å². The van der Waals surface area contributed by atoms with Crippen LogP contribution in [-0.4, -0.2) is 36.5 Å². The first-order valence-electron chi connectivity index (χ1n) is 13.5. The summed E-state index contributed by atoms with van der Waals surface area (Å²) >= 11 is 6.52. The smallest absolute Gasteiger partial charge is 0.306 e. The quantitative estimate of drug-likeness (QED) is 0.206. The number of ether oxygens (including phenoxy) is 3. The number of rotatable bonds is 14. The van der Waals surface area contributed by atoms with E-state index >= 15 is 0 Å². The van der Waals surface area contributed by atoms with Crippen molar-refractivity contribution in [3.63, 3.8) is 0 Å². The largest absolute Gasteiger partial charge is 0.494 e. The van der Waals surface area contributed by atoms with Gasteiger partial charge in [-0.3, -0.25) is 4.79 Å². The van der Waals surface area contributed by atoms with E-state index in [0.29, 0.717) is 30.9 Å². The van der Waals surface area contributed by atoms with Crippen LogP contribution in [0.25, 0.3) is 11.1 Å². The first-order valence-corrected chi connectivity index (χ1v) is 13.9. The first-order chi connectivity index (χ1) is 17.5. The number of carbonyl (C=O) groups excluding carboxylic acids is 1. The number of halogens is 1. The summed E-state index contributed by atoms with van der Waals surface area (Å²) in [6.07, 6.45) is 8.74. The Kier molecular flexibility index (Phi) is 12.1. The standard InChI is InChI=1S/C30H41ClO5/c1-3-5-6-7-8-9-10-11-30(33)36-28-19-18-27(35-29(28)21-32)23-14-17-26(31)25(20-23)22-12-15-24(16-13-22)34-4-2/h12-17,20,27-29,32H,3-11,18-19,21H2,1-2H3/t27?,28-,29-/m1/s1. The van der Waals surface area contributed by atoms with Gasteiger partial charge in [0, 0.05) is 17.0 Å². The predicted molar refractivity (Wildman–Crippen MR) is 144 cm³/mol. The lowest BCUT2D eigenvalue weighted by Crippen LogP contribution is -2.41. The Labute approximate surface area is 221 Å². The molecule has 1 saturated heterocycles. The molecule has 0 amide bonds. The van der Waals surface area contributed by atoms with Crippen LogP contribution in [0.5, 0.6) is 5.75 Å². The molecule has 2 aromatic rings. The number of benzene rings is 2. The van der Waals surface area contributed by atoms with Gasteiger partial charge in [-0.05, 0) is 61.6 Å². The fraction of sp³-hybridized carbons (Fsp3) is 0.567. The number of carbonyl (C=O) groups is 1. The Morgan fingerprint density at radius 2 is 1.72 bits per heavy atom. The summed E-state index contributed by atoms with van der Waals surface area (Å²) in [5.41, 5.74) is 2.91. The normalized spacial score (nSPS) is 19.7. The SMILES string of the molecule is CCCCCCCCCC(=O)O[C@@H]1CCC(c2ccc(Cl)c(-c3ccc(OCC)cc3)c2)O[C@@H]1CO. The average molecular weight is 517 g/mol. The zero-order chi connectivity index (χ0) is 25.8. The molecular weight excluding hydrogens is 476 g/mol. The summed E-state index contributed by atoms with van der Waals surface area (Å²) in [5.74, 6) is 0.626. The minimum atomic E-state index is -0.536. The van der Waals surface area contributed by atoms with Crippen molar-refractivity contribution in [1.82, 2.24) is 0 Å². The molecule has 6 heteroatoms. The molecule has 198 valence electrons. The number of hydrogen-bond acceptors (Lipinski definition) is 5. The van der Waals surface area contributed by atoms with Crippen LogP contribution in [-0.2, 0) is 14.3 Å². The van der Waals surface area contributed by atoms with E-state index < -0.39 is 12.2 Å². The van der Waals surface area contributed by atoms with E-state index in [1.54, 1.807) is 0 Å². The van der Waals surface area contributed by atoms with Crippen molar-refractivity contribution in [3.05, 3.63) is 53.1 Å². The van der Waals surface area contributed by atoms with Gasteiger partial charge in [-0.2, -0.15) is 0 Å². The molecule has 3 rings (SSSR count). The van der Waals surface area contributed by atoms with Crippen molar-refractivity contribution in [2.75, 3.05) is 13.2 Å². The van der Waals surface area contributed by atoms with Gasteiger partial charge in [0.2, 0.25) is 0 Å². The molecule has 0 radical (unpaired) electrons. The maximum Gasteiger partial charge on any atom is 0.306 e. The summed E-state index contributed by atoms with van der Waals surface area (Å²) in [7, 11) is 0. The van der Waals surface area contributed by atoms with Crippen LogP contribution in [0.1, 0.15) is 89.7 Å². The van der Waals surface area contributed by atoms with Crippen LogP contribution in [0.15, 0.2) is 42.5 Å². The first kappa shape index (κ1) is 28.5. The summed E-state index contributed by atoms with van der Waals surface area (Å²) in [6.45, 7) is 4.60. The van der Waals surface area contributed by atoms with Gasteiger partial charge in [-0.25, -0.2) is 0 Å². The second kappa shape index (κ2) is 15.2. The van der Waals surface area contributed by atoms with Gasteiger partial charge in [0.05, 0.1) is 19.3 Å². The number of aliphatic hydroxyl groups is 1. The molecule has 0 aliphatic carbocycles. The lowest BCUT2D eigenvalue weighted by Gasteiger charge is -2.35. The number of hydrogen-bond donors (Lipinski definition) is 1. The van der Waals surface area contributed by atoms with Gasteiger partial charge < -0.3 is 19.3 Å². The van der Waals surface area contributed by atoms with Crippen LogP contribution >= 0.6 is 11.6 Å². The van der Waals surface area contributed by atoms with Crippen molar-refractivity contribution < 1.29 is 24.1 Å². The van der Waals surface area contributed by atoms with Crippen molar-refractivity contribution in [2.45, 2.75) is 96.4 Å². The number of unbranched alkanes of at least 4 members (excludes halogenated alkanes) is 6. The highest BCUT2D eigenvalue weighted by molar-refractivity contribution is 6.33. The highest BCUT2D eigenvalue weighted by atomic mass is 35.5. The van der Waals surface area contributed by atoms with Crippen molar-refractivity contribution in [2.24, 2.45) is 0 Å². The monoisotopic (exact) mass is 516 g/mol. The summed E-state index contributed by atoms with van der Waals surface area (Å²) in [4.78, 5) is 12.4. The van der Waals surface area contributed by atoms with Crippen molar-refractivity contribution in [3.8, 4) is 16.9 Å². The molecule has 0 spiro atoms. The predicted octanol–water partition coefficient (Wildman–Crippen LogP) is 7.67. The van der Waals surface area contributed by atoms with Crippen LogP contribution in [0.4, 0.5) is 0 Å². The molecule has 1 N–H and O–H groups in total. The lowest BCUT2D eigenvalue weighted by atomic mass is 9.94. The molecule has 36 heavy (non-hydrogen) atoms. The van der Waals surface area contributed by atoms with Crippen LogP contribution in [0.3, 0.4) is 0 Å².